The second kappa shape index (κ2) is 9.83. The first-order valence-corrected chi connectivity index (χ1v) is 11.4. The molecule has 0 saturated carbocycles. The highest BCUT2D eigenvalue weighted by atomic mass is 32.2. The van der Waals surface area contributed by atoms with E-state index in [1.54, 1.807) is 18.9 Å². The van der Waals surface area contributed by atoms with Crippen molar-refractivity contribution in [3.8, 4) is 17.2 Å². The van der Waals surface area contributed by atoms with Gasteiger partial charge >= 0.3 is 5.97 Å². The number of hydrogen-bond acceptors (Lipinski definition) is 6. The van der Waals surface area contributed by atoms with Gasteiger partial charge in [0.2, 0.25) is 0 Å². The first-order valence-electron chi connectivity index (χ1n) is 10.3. The van der Waals surface area contributed by atoms with Crippen LogP contribution in [0.15, 0.2) is 36.4 Å². The van der Waals surface area contributed by atoms with Crippen LogP contribution in [0.25, 0.3) is 0 Å². The van der Waals surface area contributed by atoms with E-state index in [1.165, 1.54) is 11.1 Å². The fourth-order valence-electron chi connectivity index (χ4n) is 3.44. The van der Waals surface area contributed by atoms with Crippen LogP contribution >= 0.6 is 11.8 Å². The summed E-state index contributed by atoms with van der Waals surface area (Å²) in [5.41, 5.74) is 3.26. The topological polar surface area (TPSA) is 77.0 Å². The van der Waals surface area contributed by atoms with Gasteiger partial charge in [-0.2, -0.15) is 0 Å². The lowest BCUT2D eigenvalue weighted by atomic mass is 9.85. The van der Waals surface area contributed by atoms with E-state index < -0.39 is 12.0 Å². The summed E-state index contributed by atoms with van der Waals surface area (Å²) in [6.45, 7) is 9.35. The molecule has 1 saturated heterocycles. The Kier molecular flexibility index (Phi) is 7.38. The number of thioether (sulfide) groups is 1. The summed E-state index contributed by atoms with van der Waals surface area (Å²) >= 11 is 1.56. The molecule has 1 heterocycles. The van der Waals surface area contributed by atoms with Gasteiger partial charge in [0.05, 0.1) is 12.5 Å². The zero-order chi connectivity index (χ0) is 22.6. The van der Waals surface area contributed by atoms with E-state index in [9.17, 15) is 9.90 Å². The summed E-state index contributed by atoms with van der Waals surface area (Å²) in [6, 6.07) is 11.3. The molecule has 1 aliphatic rings. The maximum Gasteiger partial charge on any atom is 0.321 e. The lowest BCUT2D eigenvalue weighted by Gasteiger charge is -2.23. The number of aryl methyl sites for hydroxylation is 1. The van der Waals surface area contributed by atoms with Gasteiger partial charge in [0.25, 0.3) is 0 Å². The molecule has 2 atom stereocenters. The van der Waals surface area contributed by atoms with Crippen molar-refractivity contribution >= 4 is 17.7 Å². The van der Waals surface area contributed by atoms with Crippen molar-refractivity contribution in [3.63, 3.8) is 0 Å². The number of carboxylic acid groups (broad SMARTS) is 1. The van der Waals surface area contributed by atoms with Crippen LogP contribution in [0.1, 0.15) is 42.8 Å². The summed E-state index contributed by atoms with van der Waals surface area (Å²) in [5.74, 6) is 1.89. The van der Waals surface area contributed by atoms with Gasteiger partial charge in [0.15, 0.2) is 0 Å². The molecule has 2 aromatic carbocycles. The van der Waals surface area contributed by atoms with Crippen LogP contribution < -0.4 is 19.5 Å². The summed E-state index contributed by atoms with van der Waals surface area (Å²) < 4.78 is 17.4. The van der Waals surface area contributed by atoms with Crippen molar-refractivity contribution in [1.29, 1.82) is 0 Å². The molecule has 1 aliphatic heterocycles. The molecular formula is C24H31NO5S. The molecule has 168 valence electrons. The summed E-state index contributed by atoms with van der Waals surface area (Å²) in [6.07, 6.45) is 0. The Hall–Kier alpha value is -2.38. The Morgan fingerprint density at radius 3 is 2.45 bits per heavy atom. The van der Waals surface area contributed by atoms with Gasteiger partial charge in [-0.15, -0.1) is 11.8 Å². The minimum absolute atomic E-state index is 0.0196. The quantitative estimate of drug-likeness (QED) is 0.577. The molecule has 0 aliphatic carbocycles. The number of ether oxygens (including phenoxy) is 3. The molecule has 6 nitrogen and oxygen atoms in total. The van der Waals surface area contributed by atoms with Gasteiger partial charge in [-0.05, 0) is 36.1 Å². The highest BCUT2D eigenvalue weighted by molar-refractivity contribution is 7.99. The summed E-state index contributed by atoms with van der Waals surface area (Å²) in [7, 11) is 1.61. The number of carbonyl (C=O) groups is 1. The number of benzene rings is 2. The van der Waals surface area contributed by atoms with E-state index >= 15 is 0 Å². The van der Waals surface area contributed by atoms with Crippen molar-refractivity contribution in [2.24, 2.45) is 0 Å². The second-order valence-electron chi connectivity index (χ2n) is 8.62. The molecule has 3 rings (SSSR count). The van der Waals surface area contributed by atoms with Gasteiger partial charge in [-0.1, -0.05) is 38.5 Å². The number of rotatable bonds is 8. The normalized spacial score (nSPS) is 18.6. The average Bonchev–Trinajstić information content (AvgIpc) is 3.21. The number of aliphatic carboxylic acids is 1. The predicted molar refractivity (Wildman–Crippen MR) is 124 cm³/mol. The molecule has 0 spiro atoms. The SMILES string of the molecule is COc1ccc(C2NC(C(=O)O)CS2)c(OCCOc2ccc(C)cc2C(C)(C)C)c1. The van der Waals surface area contributed by atoms with Gasteiger partial charge in [-0.3, -0.25) is 10.1 Å². The number of carboxylic acids is 1. The average molecular weight is 446 g/mol. The largest absolute Gasteiger partial charge is 0.497 e. The molecule has 0 aromatic heterocycles. The first kappa shape index (κ1) is 23.3. The Balaban J connectivity index is 1.68. The molecule has 31 heavy (non-hydrogen) atoms. The number of hydrogen-bond donors (Lipinski definition) is 2. The monoisotopic (exact) mass is 445 g/mol. The van der Waals surface area contributed by atoms with E-state index in [1.807, 2.05) is 30.3 Å². The lowest BCUT2D eigenvalue weighted by molar-refractivity contribution is -0.138. The van der Waals surface area contributed by atoms with Gasteiger partial charge in [0.1, 0.15) is 36.5 Å². The van der Waals surface area contributed by atoms with Crippen molar-refractivity contribution in [3.05, 3.63) is 53.1 Å². The third kappa shape index (κ3) is 5.86. The van der Waals surface area contributed by atoms with Crippen molar-refractivity contribution < 1.29 is 24.1 Å². The number of methoxy groups -OCH3 is 1. The molecule has 1 fully saturated rings. The Morgan fingerprint density at radius 1 is 1.13 bits per heavy atom. The Labute approximate surface area is 188 Å². The third-order valence-electron chi connectivity index (χ3n) is 5.12. The Bertz CT molecular complexity index is 925. The van der Waals surface area contributed by atoms with Crippen LogP contribution in [0.4, 0.5) is 0 Å². The zero-order valence-electron chi connectivity index (χ0n) is 18.7. The van der Waals surface area contributed by atoms with Gasteiger partial charge in [-0.25, -0.2) is 0 Å². The molecule has 0 bridgehead atoms. The van der Waals surface area contributed by atoms with Gasteiger partial charge < -0.3 is 19.3 Å². The van der Waals surface area contributed by atoms with Crippen LogP contribution in [-0.4, -0.2) is 43.2 Å². The fraction of sp³-hybridized carbons (Fsp3) is 0.458. The zero-order valence-corrected chi connectivity index (χ0v) is 19.5. The fourth-order valence-corrected chi connectivity index (χ4v) is 4.69. The van der Waals surface area contributed by atoms with Crippen LogP contribution in [0.2, 0.25) is 0 Å². The first-order chi connectivity index (χ1) is 14.7. The molecule has 2 unspecified atom stereocenters. The summed E-state index contributed by atoms with van der Waals surface area (Å²) in [4.78, 5) is 11.3. The van der Waals surface area contributed by atoms with E-state index in [4.69, 9.17) is 14.2 Å². The third-order valence-corrected chi connectivity index (χ3v) is 6.37. The van der Waals surface area contributed by atoms with Crippen molar-refractivity contribution in [2.45, 2.75) is 44.5 Å². The van der Waals surface area contributed by atoms with Crippen LogP contribution in [0, 0.1) is 6.92 Å². The minimum Gasteiger partial charge on any atom is -0.497 e. The second-order valence-corrected chi connectivity index (χ2v) is 9.76. The van der Waals surface area contributed by atoms with Crippen molar-refractivity contribution in [1.82, 2.24) is 5.32 Å². The molecule has 0 amide bonds. The smallest absolute Gasteiger partial charge is 0.321 e. The Morgan fingerprint density at radius 2 is 1.84 bits per heavy atom. The highest BCUT2D eigenvalue weighted by Gasteiger charge is 2.32. The van der Waals surface area contributed by atoms with Gasteiger partial charge in [0, 0.05) is 17.4 Å². The maximum atomic E-state index is 11.3. The molecule has 2 N–H and O–H groups in total. The van der Waals surface area contributed by atoms with Crippen molar-refractivity contribution in [2.75, 3.05) is 26.1 Å². The summed E-state index contributed by atoms with van der Waals surface area (Å²) in [5, 5.41) is 12.3. The van der Waals surface area contributed by atoms with E-state index in [-0.39, 0.29) is 10.8 Å². The standard InChI is InChI=1S/C24H31NO5S/c1-15-6-9-20(18(12-15)24(2,3)4)29-10-11-30-21-13-16(28-5)7-8-17(21)22-25-19(14-31-22)23(26)27/h6-9,12-13,19,22,25H,10-11,14H2,1-5H3,(H,26,27). The minimum atomic E-state index is -0.841. The molecule has 2 aromatic rings. The molecule has 0 radical (unpaired) electrons. The molecular weight excluding hydrogens is 414 g/mol. The van der Waals surface area contributed by atoms with Crippen LogP contribution in [-0.2, 0) is 10.2 Å². The van der Waals surface area contributed by atoms with E-state index in [0.29, 0.717) is 30.5 Å². The van der Waals surface area contributed by atoms with E-state index in [2.05, 4.69) is 39.1 Å². The lowest BCUT2D eigenvalue weighted by Crippen LogP contribution is -2.33. The van der Waals surface area contributed by atoms with E-state index in [0.717, 1.165) is 11.3 Å². The highest BCUT2D eigenvalue weighted by Crippen LogP contribution is 2.39. The number of nitrogens with one attached hydrogen (secondary N) is 1. The maximum absolute atomic E-state index is 11.3. The van der Waals surface area contributed by atoms with Crippen LogP contribution in [0.5, 0.6) is 17.2 Å². The predicted octanol–water partition coefficient (Wildman–Crippen LogP) is 4.55. The molecule has 7 heteroatoms. The van der Waals surface area contributed by atoms with Crippen LogP contribution in [0.3, 0.4) is 0 Å².